The first kappa shape index (κ1) is 15.1. The molecule has 3 aromatic rings. The van der Waals surface area contributed by atoms with Gasteiger partial charge in [-0.3, -0.25) is 9.69 Å². The van der Waals surface area contributed by atoms with E-state index in [0.29, 0.717) is 16.5 Å². The van der Waals surface area contributed by atoms with Gasteiger partial charge >= 0.3 is 0 Å². The third-order valence-corrected chi connectivity index (χ3v) is 4.43. The summed E-state index contributed by atoms with van der Waals surface area (Å²) in [6.45, 7) is 4.23. The maximum atomic E-state index is 12.9. The van der Waals surface area contributed by atoms with Gasteiger partial charge < -0.3 is 9.15 Å². The van der Waals surface area contributed by atoms with Crippen LogP contribution < -0.4 is 5.43 Å². The summed E-state index contributed by atoms with van der Waals surface area (Å²) in [7, 11) is 0. The summed E-state index contributed by atoms with van der Waals surface area (Å²) in [6.07, 6.45) is 1.56. The van der Waals surface area contributed by atoms with E-state index in [-0.39, 0.29) is 5.43 Å². The maximum absolute atomic E-state index is 12.9. The molecule has 0 bridgehead atoms. The number of ether oxygens (including phenoxy) is 1. The molecule has 4 nitrogen and oxygen atoms in total. The van der Waals surface area contributed by atoms with Gasteiger partial charge in [-0.05, 0) is 23.3 Å². The van der Waals surface area contributed by atoms with Crippen molar-refractivity contribution in [1.29, 1.82) is 0 Å². The van der Waals surface area contributed by atoms with E-state index in [1.807, 2.05) is 48.5 Å². The molecule has 122 valence electrons. The second kappa shape index (κ2) is 6.59. The minimum atomic E-state index is 0.0197. The van der Waals surface area contributed by atoms with Crippen molar-refractivity contribution in [2.45, 2.75) is 6.54 Å². The predicted octanol–water partition coefficient (Wildman–Crippen LogP) is 3.29. The number of hydrogen-bond donors (Lipinski definition) is 0. The van der Waals surface area contributed by atoms with Crippen LogP contribution in [0.5, 0.6) is 0 Å². The summed E-state index contributed by atoms with van der Waals surface area (Å²) >= 11 is 0. The van der Waals surface area contributed by atoms with E-state index < -0.39 is 0 Å². The number of fused-ring (bicyclic) bond motifs is 1. The first-order valence-electron chi connectivity index (χ1n) is 8.21. The molecule has 0 aliphatic carbocycles. The van der Waals surface area contributed by atoms with E-state index in [0.717, 1.165) is 44.0 Å². The zero-order valence-electron chi connectivity index (χ0n) is 13.4. The van der Waals surface area contributed by atoms with Crippen molar-refractivity contribution in [1.82, 2.24) is 4.90 Å². The van der Waals surface area contributed by atoms with Crippen LogP contribution >= 0.6 is 0 Å². The maximum Gasteiger partial charge on any atom is 0.200 e. The van der Waals surface area contributed by atoms with Gasteiger partial charge in [0, 0.05) is 19.6 Å². The van der Waals surface area contributed by atoms with Crippen molar-refractivity contribution < 1.29 is 9.15 Å². The second-order valence-corrected chi connectivity index (χ2v) is 6.06. The molecule has 0 amide bonds. The molecule has 1 aliphatic rings. The van der Waals surface area contributed by atoms with E-state index >= 15 is 0 Å². The van der Waals surface area contributed by atoms with Crippen LogP contribution in [-0.4, -0.2) is 31.2 Å². The number of morpholine rings is 1. The summed E-state index contributed by atoms with van der Waals surface area (Å²) in [4.78, 5) is 15.2. The Morgan fingerprint density at radius 1 is 1.00 bits per heavy atom. The monoisotopic (exact) mass is 321 g/mol. The lowest BCUT2D eigenvalue weighted by molar-refractivity contribution is 0.0342. The van der Waals surface area contributed by atoms with Crippen LogP contribution in [0.25, 0.3) is 22.1 Å². The standard InChI is InChI=1S/C20H19NO3/c22-20-17-12-15(13-21-8-10-23-11-9-21)6-7-19(17)24-14-18(20)16-4-2-1-3-5-16/h1-7,12,14H,8-11,13H2. The number of hydrogen-bond acceptors (Lipinski definition) is 4. The quantitative estimate of drug-likeness (QED) is 0.742. The molecular formula is C20H19NO3. The molecule has 4 rings (SSSR count). The molecule has 1 aliphatic heterocycles. The number of benzene rings is 2. The highest BCUT2D eigenvalue weighted by Crippen LogP contribution is 2.21. The smallest absolute Gasteiger partial charge is 0.200 e. The van der Waals surface area contributed by atoms with Crippen molar-refractivity contribution in [2.75, 3.05) is 26.3 Å². The van der Waals surface area contributed by atoms with E-state index in [4.69, 9.17) is 9.15 Å². The minimum Gasteiger partial charge on any atom is -0.463 e. The van der Waals surface area contributed by atoms with Crippen LogP contribution in [0.3, 0.4) is 0 Å². The highest BCUT2D eigenvalue weighted by Gasteiger charge is 2.13. The topological polar surface area (TPSA) is 42.7 Å². The van der Waals surface area contributed by atoms with Crippen LogP contribution in [0, 0.1) is 0 Å². The fourth-order valence-corrected chi connectivity index (χ4v) is 3.11. The Morgan fingerprint density at radius 2 is 1.79 bits per heavy atom. The molecule has 1 fully saturated rings. The lowest BCUT2D eigenvalue weighted by Crippen LogP contribution is -2.35. The molecule has 2 aromatic carbocycles. The number of rotatable bonds is 3. The summed E-state index contributed by atoms with van der Waals surface area (Å²) in [6, 6.07) is 15.5. The van der Waals surface area contributed by atoms with Gasteiger partial charge in [-0.25, -0.2) is 0 Å². The van der Waals surface area contributed by atoms with Crippen molar-refractivity contribution in [3.8, 4) is 11.1 Å². The Hall–Kier alpha value is -2.43. The zero-order chi connectivity index (χ0) is 16.4. The SMILES string of the molecule is O=c1c(-c2ccccc2)coc2ccc(CN3CCOCC3)cc12. The van der Waals surface area contributed by atoms with Gasteiger partial charge in [-0.15, -0.1) is 0 Å². The van der Waals surface area contributed by atoms with Gasteiger partial charge in [0.25, 0.3) is 0 Å². The summed E-state index contributed by atoms with van der Waals surface area (Å²) in [5.74, 6) is 0. The molecule has 1 aromatic heterocycles. The van der Waals surface area contributed by atoms with Crippen molar-refractivity contribution in [3.05, 3.63) is 70.6 Å². The van der Waals surface area contributed by atoms with Crippen molar-refractivity contribution in [3.63, 3.8) is 0 Å². The normalized spacial score (nSPS) is 15.7. The van der Waals surface area contributed by atoms with Crippen LogP contribution in [0.2, 0.25) is 0 Å². The van der Waals surface area contributed by atoms with Gasteiger partial charge in [0.05, 0.1) is 24.2 Å². The molecule has 0 spiro atoms. The summed E-state index contributed by atoms with van der Waals surface area (Å²) in [5, 5.41) is 0.641. The minimum absolute atomic E-state index is 0.0197. The predicted molar refractivity (Wildman–Crippen MR) is 94.0 cm³/mol. The molecule has 24 heavy (non-hydrogen) atoms. The Kier molecular flexibility index (Phi) is 4.15. The van der Waals surface area contributed by atoms with Crippen LogP contribution in [0.1, 0.15) is 5.56 Å². The van der Waals surface area contributed by atoms with Gasteiger partial charge in [-0.2, -0.15) is 0 Å². The molecule has 0 N–H and O–H groups in total. The third kappa shape index (κ3) is 2.98. The molecular weight excluding hydrogens is 302 g/mol. The molecule has 0 radical (unpaired) electrons. The first-order chi connectivity index (χ1) is 11.8. The van der Waals surface area contributed by atoms with Gasteiger partial charge in [-0.1, -0.05) is 36.4 Å². The molecule has 4 heteroatoms. The average Bonchev–Trinajstić information content (AvgIpc) is 2.64. The average molecular weight is 321 g/mol. The van der Waals surface area contributed by atoms with Crippen molar-refractivity contribution >= 4 is 11.0 Å². The van der Waals surface area contributed by atoms with E-state index in [1.54, 1.807) is 6.26 Å². The zero-order valence-corrected chi connectivity index (χ0v) is 13.4. The number of nitrogens with zero attached hydrogens (tertiary/aromatic N) is 1. The Bertz CT molecular complexity index is 896. The highest BCUT2D eigenvalue weighted by atomic mass is 16.5. The Labute approximate surface area is 140 Å². The van der Waals surface area contributed by atoms with Gasteiger partial charge in [0.1, 0.15) is 11.8 Å². The van der Waals surface area contributed by atoms with Crippen molar-refractivity contribution in [2.24, 2.45) is 0 Å². The lowest BCUT2D eigenvalue weighted by Gasteiger charge is -2.26. The molecule has 0 saturated carbocycles. The first-order valence-corrected chi connectivity index (χ1v) is 8.21. The molecule has 0 atom stereocenters. The fourth-order valence-electron chi connectivity index (χ4n) is 3.11. The van der Waals surface area contributed by atoms with Gasteiger partial charge in [0.15, 0.2) is 5.43 Å². The lowest BCUT2D eigenvalue weighted by atomic mass is 10.0. The van der Waals surface area contributed by atoms with E-state index in [9.17, 15) is 4.79 Å². The Morgan fingerprint density at radius 3 is 2.58 bits per heavy atom. The van der Waals surface area contributed by atoms with E-state index in [1.165, 1.54) is 0 Å². The van der Waals surface area contributed by atoms with Crippen LogP contribution in [0.15, 0.2) is 64.0 Å². The summed E-state index contributed by atoms with van der Waals surface area (Å²) in [5.41, 5.74) is 3.26. The fraction of sp³-hybridized carbons (Fsp3) is 0.250. The van der Waals surface area contributed by atoms with Crippen LogP contribution in [0.4, 0.5) is 0 Å². The third-order valence-electron chi connectivity index (χ3n) is 4.43. The van der Waals surface area contributed by atoms with E-state index in [2.05, 4.69) is 4.90 Å². The summed E-state index contributed by atoms with van der Waals surface area (Å²) < 4.78 is 11.1. The van der Waals surface area contributed by atoms with Gasteiger partial charge in [0.2, 0.25) is 0 Å². The Balaban J connectivity index is 1.72. The molecule has 1 saturated heterocycles. The second-order valence-electron chi connectivity index (χ2n) is 6.06. The molecule has 0 unspecified atom stereocenters. The largest absolute Gasteiger partial charge is 0.463 e. The van der Waals surface area contributed by atoms with Crippen LogP contribution in [-0.2, 0) is 11.3 Å². The molecule has 2 heterocycles. The highest BCUT2D eigenvalue weighted by molar-refractivity contribution is 5.82.